The maximum atomic E-state index is 9.09. The standard InChI is InChI=1S/C24H31N5O.HI/c1-3-26-24(27-17-20-9-6-8-19(14-20)16-25)28-18-23(29-12-4-5-13-29)21-10-7-11-22(15-21)30-2;/h6-11,14-15,23H,3-5,12-13,17-18H2,1-2H3,(H2,26,27,28);1H. The van der Waals surface area contributed by atoms with E-state index in [-0.39, 0.29) is 30.0 Å². The zero-order valence-corrected chi connectivity index (χ0v) is 20.6. The van der Waals surface area contributed by atoms with Gasteiger partial charge in [-0.05, 0) is 68.2 Å². The Morgan fingerprint density at radius 1 is 1.16 bits per heavy atom. The third-order valence-corrected chi connectivity index (χ3v) is 5.34. The minimum absolute atomic E-state index is 0. The molecule has 0 aromatic heterocycles. The molecule has 166 valence electrons. The van der Waals surface area contributed by atoms with Crippen LogP contribution in [0, 0.1) is 11.3 Å². The molecule has 1 aliphatic rings. The fourth-order valence-electron chi connectivity index (χ4n) is 3.80. The van der Waals surface area contributed by atoms with Crippen LogP contribution in [0.15, 0.2) is 53.5 Å². The average Bonchev–Trinajstić information content (AvgIpc) is 3.32. The number of benzene rings is 2. The lowest BCUT2D eigenvalue weighted by Gasteiger charge is -2.29. The van der Waals surface area contributed by atoms with Crippen molar-refractivity contribution in [1.29, 1.82) is 5.26 Å². The first-order chi connectivity index (χ1) is 14.7. The van der Waals surface area contributed by atoms with Crippen LogP contribution in [0.3, 0.4) is 0 Å². The van der Waals surface area contributed by atoms with Crippen molar-refractivity contribution in [3.8, 4) is 11.8 Å². The molecule has 0 aliphatic carbocycles. The van der Waals surface area contributed by atoms with Gasteiger partial charge >= 0.3 is 0 Å². The lowest BCUT2D eigenvalue weighted by Crippen LogP contribution is -2.42. The Labute approximate surface area is 202 Å². The van der Waals surface area contributed by atoms with Gasteiger partial charge in [0.2, 0.25) is 0 Å². The summed E-state index contributed by atoms with van der Waals surface area (Å²) in [6, 6.07) is 18.4. The van der Waals surface area contributed by atoms with E-state index in [9.17, 15) is 0 Å². The number of nitrogens with one attached hydrogen (secondary N) is 2. The molecule has 0 amide bonds. The maximum Gasteiger partial charge on any atom is 0.191 e. The topological polar surface area (TPSA) is 72.7 Å². The van der Waals surface area contributed by atoms with Crippen molar-refractivity contribution in [2.24, 2.45) is 4.99 Å². The second-order valence-corrected chi connectivity index (χ2v) is 7.42. The van der Waals surface area contributed by atoms with Gasteiger partial charge in [-0.1, -0.05) is 24.3 Å². The van der Waals surface area contributed by atoms with Crippen molar-refractivity contribution in [2.45, 2.75) is 32.4 Å². The molecule has 1 atom stereocenters. The summed E-state index contributed by atoms with van der Waals surface area (Å²) in [5, 5.41) is 16.0. The number of rotatable bonds is 8. The number of likely N-dealkylation sites (tertiary alicyclic amines) is 1. The molecule has 1 heterocycles. The molecular formula is C24H32IN5O. The summed E-state index contributed by atoms with van der Waals surface area (Å²) in [5.74, 6) is 1.67. The third kappa shape index (κ3) is 7.40. The first-order valence-electron chi connectivity index (χ1n) is 10.6. The van der Waals surface area contributed by atoms with Crippen molar-refractivity contribution < 1.29 is 4.74 Å². The predicted molar refractivity (Wildman–Crippen MR) is 136 cm³/mol. The van der Waals surface area contributed by atoms with Gasteiger partial charge in [0.1, 0.15) is 5.75 Å². The Bertz CT molecular complexity index is 890. The Balaban J connectivity index is 0.00000341. The van der Waals surface area contributed by atoms with Crippen molar-refractivity contribution in [3.05, 3.63) is 65.2 Å². The first-order valence-corrected chi connectivity index (χ1v) is 10.6. The quantitative estimate of drug-likeness (QED) is 0.304. The van der Waals surface area contributed by atoms with Crippen LogP contribution in [0.25, 0.3) is 0 Å². The Morgan fingerprint density at radius 3 is 2.65 bits per heavy atom. The second kappa shape index (κ2) is 13.2. The molecule has 0 radical (unpaired) electrons. The van der Waals surface area contributed by atoms with Crippen LogP contribution in [0.4, 0.5) is 0 Å². The van der Waals surface area contributed by atoms with Gasteiger partial charge < -0.3 is 15.4 Å². The fraction of sp³-hybridized carbons (Fsp3) is 0.417. The van der Waals surface area contributed by atoms with Crippen molar-refractivity contribution in [2.75, 3.05) is 33.3 Å². The highest BCUT2D eigenvalue weighted by molar-refractivity contribution is 14.0. The third-order valence-electron chi connectivity index (χ3n) is 5.34. The molecule has 31 heavy (non-hydrogen) atoms. The summed E-state index contributed by atoms with van der Waals surface area (Å²) < 4.78 is 5.44. The van der Waals surface area contributed by atoms with E-state index in [0.717, 1.165) is 43.5 Å². The number of nitriles is 1. The lowest BCUT2D eigenvalue weighted by atomic mass is 10.1. The van der Waals surface area contributed by atoms with Gasteiger partial charge in [0, 0.05) is 13.1 Å². The van der Waals surface area contributed by atoms with Gasteiger partial charge in [-0.25, -0.2) is 4.99 Å². The molecule has 2 N–H and O–H groups in total. The molecule has 2 aromatic rings. The van der Waals surface area contributed by atoms with Crippen LogP contribution in [0.2, 0.25) is 0 Å². The summed E-state index contributed by atoms with van der Waals surface area (Å²) in [6.07, 6.45) is 2.48. The van der Waals surface area contributed by atoms with Crippen molar-refractivity contribution in [1.82, 2.24) is 15.5 Å². The SMILES string of the molecule is CCNC(=NCc1cccc(C#N)c1)NCC(c1cccc(OC)c1)N1CCCC1.I. The van der Waals surface area contributed by atoms with Crippen LogP contribution < -0.4 is 15.4 Å². The molecule has 0 saturated carbocycles. The minimum atomic E-state index is 0. The monoisotopic (exact) mass is 533 g/mol. The second-order valence-electron chi connectivity index (χ2n) is 7.42. The first kappa shape index (κ1) is 25.0. The van der Waals surface area contributed by atoms with Crippen molar-refractivity contribution in [3.63, 3.8) is 0 Å². The molecule has 1 aliphatic heterocycles. The maximum absolute atomic E-state index is 9.09. The summed E-state index contributed by atoms with van der Waals surface area (Å²) >= 11 is 0. The number of nitrogens with zero attached hydrogens (tertiary/aromatic N) is 3. The number of ether oxygens (including phenoxy) is 1. The molecular weight excluding hydrogens is 501 g/mol. The van der Waals surface area contributed by atoms with Gasteiger partial charge in [0.15, 0.2) is 5.96 Å². The number of guanidine groups is 1. The normalized spacial score (nSPS) is 14.9. The number of hydrogen-bond donors (Lipinski definition) is 2. The molecule has 6 nitrogen and oxygen atoms in total. The van der Waals surface area contributed by atoms with Crippen LogP contribution in [-0.4, -0.2) is 44.1 Å². The van der Waals surface area contributed by atoms with Crippen LogP contribution in [0.1, 0.15) is 42.5 Å². The Hall–Kier alpha value is -2.31. The fourth-order valence-corrected chi connectivity index (χ4v) is 3.80. The van der Waals surface area contributed by atoms with Gasteiger partial charge in [-0.2, -0.15) is 5.26 Å². The van der Waals surface area contributed by atoms with Gasteiger partial charge in [-0.15, -0.1) is 24.0 Å². The van der Waals surface area contributed by atoms with Gasteiger partial charge in [0.05, 0.1) is 31.3 Å². The predicted octanol–water partition coefficient (Wildman–Crippen LogP) is 4.08. The summed E-state index contributed by atoms with van der Waals surface area (Å²) in [4.78, 5) is 7.26. The van der Waals surface area contributed by atoms with E-state index in [1.165, 1.54) is 18.4 Å². The van der Waals surface area contributed by atoms with Gasteiger partial charge in [0.25, 0.3) is 0 Å². The van der Waals surface area contributed by atoms with E-state index in [1.807, 2.05) is 30.3 Å². The molecule has 3 rings (SSSR count). The molecule has 7 heteroatoms. The Morgan fingerprint density at radius 2 is 1.94 bits per heavy atom. The number of methoxy groups -OCH3 is 1. The van der Waals surface area contributed by atoms with E-state index in [0.29, 0.717) is 12.1 Å². The van der Waals surface area contributed by atoms with Crippen LogP contribution in [0.5, 0.6) is 5.75 Å². The molecule has 1 unspecified atom stereocenters. The molecule has 1 saturated heterocycles. The van der Waals surface area contributed by atoms with E-state index in [2.05, 4.69) is 46.7 Å². The molecule has 0 spiro atoms. The zero-order chi connectivity index (χ0) is 21.2. The summed E-state index contributed by atoms with van der Waals surface area (Å²) in [7, 11) is 1.71. The molecule has 2 aromatic carbocycles. The lowest BCUT2D eigenvalue weighted by molar-refractivity contribution is 0.245. The number of hydrogen-bond acceptors (Lipinski definition) is 4. The molecule has 0 bridgehead atoms. The van der Waals surface area contributed by atoms with Crippen LogP contribution in [-0.2, 0) is 6.54 Å². The zero-order valence-electron chi connectivity index (χ0n) is 18.3. The molecule has 1 fully saturated rings. The number of halogens is 1. The van der Waals surface area contributed by atoms with Crippen LogP contribution >= 0.6 is 24.0 Å². The average molecular weight is 533 g/mol. The highest BCUT2D eigenvalue weighted by Crippen LogP contribution is 2.27. The number of aliphatic imine (C=N–C) groups is 1. The van der Waals surface area contributed by atoms with E-state index in [4.69, 9.17) is 15.0 Å². The van der Waals surface area contributed by atoms with Crippen molar-refractivity contribution >= 4 is 29.9 Å². The largest absolute Gasteiger partial charge is 0.497 e. The Kier molecular flexibility index (Phi) is 10.6. The van der Waals surface area contributed by atoms with E-state index < -0.39 is 0 Å². The van der Waals surface area contributed by atoms with E-state index >= 15 is 0 Å². The summed E-state index contributed by atoms with van der Waals surface area (Å²) in [6.45, 7) is 6.36. The highest BCUT2D eigenvalue weighted by Gasteiger charge is 2.24. The minimum Gasteiger partial charge on any atom is -0.497 e. The van der Waals surface area contributed by atoms with E-state index in [1.54, 1.807) is 7.11 Å². The smallest absolute Gasteiger partial charge is 0.191 e. The highest BCUT2D eigenvalue weighted by atomic mass is 127. The van der Waals surface area contributed by atoms with Gasteiger partial charge in [-0.3, -0.25) is 4.90 Å². The summed E-state index contributed by atoms with van der Waals surface area (Å²) in [5.41, 5.74) is 2.93.